The Hall–Kier alpha value is -1.55. The molecule has 0 spiro atoms. The van der Waals surface area contributed by atoms with Gasteiger partial charge in [0.25, 0.3) is 0 Å². The fraction of sp³-hybridized carbons (Fsp3) is 0.750. The summed E-state index contributed by atoms with van der Waals surface area (Å²) in [6.07, 6.45) is 15.6. The molecule has 32 heavy (non-hydrogen) atoms. The van der Waals surface area contributed by atoms with Crippen LogP contribution in [0.5, 0.6) is 0 Å². The van der Waals surface area contributed by atoms with Gasteiger partial charge in [0.05, 0.1) is 12.5 Å². The Labute approximate surface area is 196 Å². The first-order valence-electron chi connectivity index (χ1n) is 12.8. The number of aliphatic hydroxyl groups is 1. The largest absolute Gasteiger partial charge is 0.492 e. The zero-order valence-corrected chi connectivity index (χ0v) is 21.4. The maximum absolute atomic E-state index is 10.9. The second-order valence-electron chi connectivity index (χ2n) is 9.97. The summed E-state index contributed by atoms with van der Waals surface area (Å²) in [6, 6.07) is 0. The first-order chi connectivity index (χ1) is 15.2. The third-order valence-corrected chi connectivity index (χ3v) is 7.00. The standard InChI is InChI=1S/C28H48O4/c1-7-25-18-17-22(4)24(6)27(25)32-26(19-29)16-10-14-21(3)12-8-11-20(2)13-9-15-23(5)28(30)31/h11,17-18,21-24,26,29H,7-10,12-16,19H2,1-6H3,(H,30,31)/b20-11+. The number of aliphatic carboxylic acids is 1. The molecule has 184 valence electrons. The first-order valence-corrected chi connectivity index (χ1v) is 12.8. The molecule has 1 aliphatic carbocycles. The number of carbonyl (C=O) groups is 1. The van der Waals surface area contributed by atoms with Crippen molar-refractivity contribution >= 4 is 5.97 Å². The maximum atomic E-state index is 10.9. The van der Waals surface area contributed by atoms with Crippen LogP contribution in [0.2, 0.25) is 0 Å². The Morgan fingerprint density at radius 1 is 1.16 bits per heavy atom. The summed E-state index contributed by atoms with van der Waals surface area (Å²) in [5.74, 6) is 1.61. The van der Waals surface area contributed by atoms with Gasteiger partial charge >= 0.3 is 5.97 Å². The lowest BCUT2D eigenvalue weighted by Gasteiger charge is -2.30. The van der Waals surface area contributed by atoms with Gasteiger partial charge in [0.1, 0.15) is 11.9 Å². The van der Waals surface area contributed by atoms with Crippen LogP contribution in [0, 0.1) is 23.7 Å². The van der Waals surface area contributed by atoms with Crippen LogP contribution in [0.3, 0.4) is 0 Å². The predicted octanol–water partition coefficient (Wildman–Crippen LogP) is 7.29. The van der Waals surface area contributed by atoms with Gasteiger partial charge in [-0.15, -0.1) is 0 Å². The van der Waals surface area contributed by atoms with Gasteiger partial charge in [-0.2, -0.15) is 0 Å². The molecule has 0 aromatic carbocycles. The van der Waals surface area contributed by atoms with Crippen molar-refractivity contribution in [3.8, 4) is 0 Å². The number of rotatable bonds is 16. The summed E-state index contributed by atoms with van der Waals surface area (Å²) in [6.45, 7) is 12.9. The monoisotopic (exact) mass is 448 g/mol. The topological polar surface area (TPSA) is 66.8 Å². The normalized spacial score (nSPS) is 22.0. The first kappa shape index (κ1) is 28.5. The van der Waals surface area contributed by atoms with Gasteiger partial charge < -0.3 is 14.9 Å². The molecular weight excluding hydrogens is 400 g/mol. The van der Waals surface area contributed by atoms with Crippen LogP contribution in [-0.2, 0) is 9.53 Å². The molecule has 1 aliphatic rings. The van der Waals surface area contributed by atoms with Gasteiger partial charge in [-0.05, 0) is 75.7 Å². The van der Waals surface area contributed by atoms with Crippen molar-refractivity contribution < 1.29 is 19.7 Å². The molecule has 0 aromatic heterocycles. The zero-order valence-electron chi connectivity index (χ0n) is 21.4. The van der Waals surface area contributed by atoms with Crippen LogP contribution in [-0.4, -0.2) is 28.9 Å². The van der Waals surface area contributed by atoms with E-state index in [0.29, 0.717) is 17.8 Å². The van der Waals surface area contributed by atoms with E-state index < -0.39 is 5.97 Å². The summed E-state index contributed by atoms with van der Waals surface area (Å²) in [5.41, 5.74) is 2.63. The highest BCUT2D eigenvalue weighted by molar-refractivity contribution is 5.69. The van der Waals surface area contributed by atoms with Gasteiger partial charge in [-0.3, -0.25) is 4.79 Å². The molecule has 0 bridgehead atoms. The van der Waals surface area contributed by atoms with Gasteiger partial charge in [0.2, 0.25) is 0 Å². The number of carboxylic acids is 1. The van der Waals surface area contributed by atoms with E-state index in [0.717, 1.165) is 63.5 Å². The molecule has 5 unspecified atom stereocenters. The summed E-state index contributed by atoms with van der Waals surface area (Å²) >= 11 is 0. The number of hydrogen-bond donors (Lipinski definition) is 2. The van der Waals surface area contributed by atoms with Crippen LogP contribution < -0.4 is 0 Å². The predicted molar refractivity (Wildman–Crippen MR) is 133 cm³/mol. The Balaban J connectivity index is 2.33. The Bertz CT molecular complexity index is 646. The molecule has 0 amide bonds. The molecule has 0 saturated carbocycles. The number of carboxylic acid groups (broad SMARTS) is 1. The molecule has 4 nitrogen and oxygen atoms in total. The van der Waals surface area contributed by atoms with E-state index in [2.05, 4.69) is 52.8 Å². The van der Waals surface area contributed by atoms with E-state index in [1.165, 1.54) is 11.1 Å². The number of ether oxygens (including phenoxy) is 1. The van der Waals surface area contributed by atoms with Crippen molar-refractivity contribution in [1.29, 1.82) is 0 Å². The summed E-state index contributed by atoms with van der Waals surface area (Å²) in [4.78, 5) is 10.9. The fourth-order valence-corrected chi connectivity index (χ4v) is 4.26. The lowest BCUT2D eigenvalue weighted by Crippen LogP contribution is -2.24. The molecular formula is C28H48O4. The van der Waals surface area contributed by atoms with Gasteiger partial charge in [0, 0.05) is 5.92 Å². The minimum absolute atomic E-state index is 0.0715. The second kappa shape index (κ2) is 15.3. The van der Waals surface area contributed by atoms with Crippen molar-refractivity contribution in [3.63, 3.8) is 0 Å². The second-order valence-corrected chi connectivity index (χ2v) is 9.97. The van der Waals surface area contributed by atoms with E-state index in [1.807, 2.05) is 0 Å². The zero-order chi connectivity index (χ0) is 24.1. The molecule has 0 heterocycles. The molecule has 1 rings (SSSR count). The lowest BCUT2D eigenvalue weighted by molar-refractivity contribution is -0.141. The number of hydrogen-bond acceptors (Lipinski definition) is 3. The summed E-state index contributed by atoms with van der Waals surface area (Å²) < 4.78 is 6.32. The molecule has 0 fully saturated rings. The lowest BCUT2D eigenvalue weighted by atomic mass is 9.85. The molecule has 0 aromatic rings. The summed E-state index contributed by atoms with van der Waals surface area (Å²) in [5, 5.41) is 18.8. The summed E-state index contributed by atoms with van der Waals surface area (Å²) in [7, 11) is 0. The van der Waals surface area contributed by atoms with Crippen LogP contribution in [0.15, 0.2) is 35.1 Å². The Morgan fingerprint density at radius 3 is 2.50 bits per heavy atom. The van der Waals surface area contributed by atoms with Crippen molar-refractivity contribution in [2.75, 3.05) is 6.61 Å². The average Bonchev–Trinajstić information content (AvgIpc) is 2.75. The van der Waals surface area contributed by atoms with Crippen LogP contribution in [0.4, 0.5) is 0 Å². The highest BCUT2D eigenvalue weighted by Gasteiger charge is 2.25. The van der Waals surface area contributed by atoms with Crippen molar-refractivity contribution in [2.45, 2.75) is 105 Å². The van der Waals surface area contributed by atoms with Gasteiger partial charge in [-0.1, -0.05) is 64.8 Å². The van der Waals surface area contributed by atoms with Crippen LogP contribution in [0.25, 0.3) is 0 Å². The van der Waals surface area contributed by atoms with Crippen molar-refractivity contribution in [3.05, 3.63) is 35.1 Å². The third-order valence-electron chi connectivity index (χ3n) is 7.00. The van der Waals surface area contributed by atoms with E-state index in [9.17, 15) is 9.90 Å². The minimum atomic E-state index is -0.698. The maximum Gasteiger partial charge on any atom is 0.306 e. The third kappa shape index (κ3) is 10.4. The fourth-order valence-electron chi connectivity index (χ4n) is 4.26. The van der Waals surface area contributed by atoms with Crippen LogP contribution in [0.1, 0.15) is 99.3 Å². The van der Waals surface area contributed by atoms with Crippen LogP contribution >= 0.6 is 0 Å². The molecule has 5 atom stereocenters. The van der Waals surface area contributed by atoms with E-state index >= 15 is 0 Å². The molecule has 0 aliphatic heterocycles. The minimum Gasteiger partial charge on any atom is -0.492 e. The van der Waals surface area contributed by atoms with Crippen molar-refractivity contribution in [1.82, 2.24) is 0 Å². The van der Waals surface area contributed by atoms with Crippen molar-refractivity contribution in [2.24, 2.45) is 23.7 Å². The van der Waals surface area contributed by atoms with E-state index in [-0.39, 0.29) is 18.6 Å². The van der Waals surface area contributed by atoms with E-state index in [1.54, 1.807) is 6.92 Å². The SMILES string of the molecule is CCC1=C(OC(CO)CCCC(C)CC/C=C(\C)CCCC(C)C(=O)O)C(C)C(C)C=C1. The molecule has 0 saturated heterocycles. The number of aliphatic hydroxyl groups excluding tert-OH is 1. The highest BCUT2D eigenvalue weighted by atomic mass is 16.5. The quantitative estimate of drug-likeness (QED) is 0.243. The van der Waals surface area contributed by atoms with Gasteiger partial charge in [0.15, 0.2) is 0 Å². The highest BCUT2D eigenvalue weighted by Crippen LogP contribution is 2.33. The van der Waals surface area contributed by atoms with E-state index in [4.69, 9.17) is 9.84 Å². The molecule has 2 N–H and O–H groups in total. The Morgan fingerprint density at radius 2 is 1.88 bits per heavy atom. The smallest absolute Gasteiger partial charge is 0.306 e. The number of allylic oxidation sites excluding steroid dienone is 6. The molecule has 4 heteroatoms. The van der Waals surface area contributed by atoms with Gasteiger partial charge in [-0.25, -0.2) is 0 Å². The Kier molecular flexibility index (Phi) is 13.6. The average molecular weight is 449 g/mol. The molecule has 0 radical (unpaired) electrons.